The van der Waals surface area contributed by atoms with E-state index in [1.807, 2.05) is 56.6 Å². The number of thioether (sulfide) groups is 1. The zero-order chi connectivity index (χ0) is 20.3. The van der Waals surface area contributed by atoms with Crippen LogP contribution < -0.4 is 15.4 Å². The average Bonchev–Trinajstić information content (AvgIpc) is 2.65. The molecule has 0 aromatic heterocycles. The van der Waals surface area contributed by atoms with Crippen LogP contribution in [0.15, 0.2) is 70.5 Å². The van der Waals surface area contributed by atoms with Crippen molar-refractivity contribution < 1.29 is 13.2 Å². The van der Waals surface area contributed by atoms with Gasteiger partial charge >= 0.3 is 0 Å². The number of carbonyl (C=O) groups excluding carboxylic acids is 1. The van der Waals surface area contributed by atoms with Gasteiger partial charge in [-0.15, -0.1) is 11.8 Å². The van der Waals surface area contributed by atoms with Gasteiger partial charge in [-0.1, -0.05) is 30.3 Å². The molecule has 0 aliphatic rings. The van der Waals surface area contributed by atoms with Gasteiger partial charge in [-0.25, -0.2) is 13.6 Å². The molecule has 28 heavy (non-hydrogen) atoms. The number of sulfonamides is 1. The van der Waals surface area contributed by atoms with Gasteiger partial charge in [-0.3, -0.25) is 4.79 Å². The van der Waals surface area contributed by atoms with E-state index >= 15 is 0 Å². The van der Waals surface area contributed by atoms with Crippen LogP contribution >= 0.6 is 11.8 Å². The largest absolute Gasteiger partial charge is 0.376 e. The topological polar surface area (TPSA) is 92.5 Å². The first-order valence-electron chi connectivity index (χ1n) is 8.50. The molecule has 0 saturated carbocycles. The lowest BCUT2D eigenvalue weighted by Gasteiger charge is -2.18. The lowest BCUT2D eigenvalue weighted by Crippen LogP contribution is -2.19. The predicted molar refractivity (Wildman–Crippen MR) is 115 cm³/mol. The second kappa shape index (κ2) is 8.22. The van der Waals surface area contributed by atoms with Gasteiger partial charge in [0.1, 0.15) is 0 Å². The monoisotopic (exact) mass is 415 g/mol. The molecule has 0 atom stereocenters. The number of carbonyl (C=O) groups is 1. The molecule has 0 aliphatic heterocycles. The molecule has 1 amide bonds. The Morgan fingerprint density at radius 1 is 1.04 bits per heavy atom. The molecule has 0 fully saturated rings. The number of fused-ring (bicyclic) bond motifs is 1. The van der Waals surface area contributed by atoms with Gasteiger partial charge in [-0.05, 0) is 41.1 Å². The second-order valence-corrected chi connectivity index (χ2v) is 9.07. The van der Waals surface area contributed by atoms with Crippen molar-refractivity contribution in [1.29, 1.82) is 0 Å². The first kappa shape index (κ1) is 20.2. The Balaban J connectivity index is 1.74. The Morgan fingerprint density at radius 3 is 2.43 bits per heavy atom. The molecule has 8 heteroatoms. The van der Waals surface area contributed by atoms with Crippen LogP contribution in [0, 0.1) is 0 Å². The van der Waals surface area contributed by atoms with Gasteiger partial charge in [0, 0.05) is 19.0 Å². The highest BCUT2D eigenvalue weighted by Gasteiger charge is 2.15. The number of nitrogens with two attached hydrogens (primary N) is 1. The summed E-state index contributed by atoms with van der Waals surface area (Å²) in [7, 11) is -0.233. The summed E-state index contributed by atoms with van der Waals surface area (Å²) in [6, 6.07) is 18.5. The van der Waals surface area contributed by atoms with Gasteiger partial charge in [0.15, 0.2) is 0 Å². The van der Waals surface area contributed by atoms with Crippen molar-refractivity contribution in [2.24, 2.45) is 5.14 Å². The van der Waals surface area contributed by atoms with Crippen molar-refractivity contribution >= 4 is 49.8 Å². The van der Waals surface area contributed by atoms with Gasteiger partial charge in [0.25, 0.3) is 0 Å². The molecule has 6 nitrogen and oxygen atoms in total. The fourth-order valence-electron chi connectivity index (χ4n) is 2.77. The van der Waals surface area contributed by atoms with Crippen LogP contribution in [0.5, 0.6) is 0 Å². The van der Waals surface area contributed by atoms with Crippen LogP contribution in [0.25, 0.3) is 10.8 Å². The maximum atomic E-state index is 12.5. The van der Waals surface area contributed by atoms with E-state index in [2.05, 4.69) is 5.32 Å². The molecular formula is C20H21N3O3S2. The number of nitrogens with one attached hydrogen (secondary N) is 1. The zero-order valence-corrected chi connectivity index (χ0v) is 17.2. The molecule has 0 spiro atoms. The smallest absolute Gasteiger partial charge is 0.238 e. The standard InChI is InChI=1S/C20H21N3O3S2/c1-23(2)19-10-9-17(28(21,25)26)12-18(19)22-20(24)13-27-16-8-7-14-5-3-4-6-15(14)11-16/h3-12H,13H2,1-2H3,(H,22,24)(H2,21,25,26). The van der Waals surface area contributed by atoms with Gasteiger partial charge in [0.2, 0.25) is 15.9 Å². The summed E-state index contributed by atoms with van der Waals surface area (Å²) >= 11 is 1.42. The molecule has 0 unspecified atom stereocenters. The minimum Gasteiger partial charge on any atom is -0.376 e. The predicted octanol–water partition coefficient (Wildman–Crippen LogP) is 3.28. The lowest BCUT2D eigenvalue weighted by molar-refractivity contribution is -0.113. The van der Waals surface area contributed by atoms with Gasteiger partial charge < -0.3 is 10.2 Å². The number of amides is 1. The van der Waals surface area contributed by atoms with Crippen molar-refractivity contribution in [2.75, 3.05) is 30.1 Å². The van der Waals surface area contributed by atoms with Gasteiger partial charge in [-0.2, -0.15) is 0 Å². The third kappa shape index (κ3) is 4.83. The maximum Gasteiger partial charge on any atom is 0.238 e. The average molecular weight is 416 g/mol. The SMILES string of the molecule is CN(C)c1ccc(S(N)(=O)=O)cc1NC(=O)CSc1ccc2ccccc2c1. The number of benzene rings is 3. The summed E-state index contributed by atoms with van der Waals surface area (Å²) in [5.74, 6) is -0.0296. The van der Waals surface area contributed by atoms with Crippen molar-refractivity contribution in [3.05, 3.63) is 60.7 Å². The third-order valence-electron chi connectivity index (χ3n) is 4.14. The molecule has 0 saturated heterocycles. The van der Waals surface area contributed by atoms with E-state index in [9.17, 15) is 13.2 Å². The summed E-state index contributed by atoms with van der Waals surface area (Å²) in [6.45, 7) is 0. The van der Waals surface area contributed by atoms with Crippen molar-refractivity contribution in [1.82, 2.24) is 0 Å². The Hall–Kier alpha value is -2.55. The first-order valence-corrected chi connectivity index (χ1v) is 11.0. The molecule has 3 aromatic carbocycles. The van der Waals surface area contributed by atoms with E-state index in [1.54, 1.807) is 11.0 Å². The van der Waals surface area contributed by atoms with E-state index < -0.39 is 10.0 Å². The molecule has 3 N–H and O–H groups in total. The Labute approximate surface area is 168 Å². The van der Waals surface area contributed by atoms with Crippen LogP contribution in [0.4, 0.5) is 11.4 Å². The minimum atomic E-state index is -3.85. The fraction of sp³-hybridized carbons (Fsp3) is 0.150. The summed E-state index contributed by atoms with van der Waals surface area (Å²) < 4.78 is 23.2. The van der Waals surface area contributed by atoms with E-state index in [0.717, 1.165) is 15.7 Å². The van der Waals surface area contributed by atoms with Crippen molar-refractivity contribution in [2.45, 2.75) is 9.79 Å². The van der Waals surface area contributed by atoms with E-state index in [-0.39, 0.29) is 16.6 Å². The van der Waals surface area contributed by atoms with Crippen LogP contribution in [0.1, 0.15) is 0 Å². The number of anilines is 2. The Bertz CT molecular complexity index is 1130. The van der Waals surface area contributed by atoms with Crippen LogP contribution in [-0.2, 0) is 14.8 Å². The highest BCUT2D eigenvalue weighted by atomic mass is 32.2. The van der Waals surface area contributed by atoms with Crippen molar-refractivity contribution in [3.63, 3.8) is 0 Å². The molecule has 0 heterocycles. The number of hydrogen-bond acceptors (Lipinski definition) is 5. The Kier molecular flexibility index (Phi) is 5.93. The van der Waals surface area contributed by atoms with Crippen molar-refractivity contribution in [3.8, 4) is 0 Å². The minimum absolute atomic E-state index is 0.0458. The molecule has 0 bridgehead atoms. The van der Waals surface area contributed by atoms with Crippen LogP contribution in [-0.4, -0.2) is 34.2 Å². The number of rotatable bonds is 6. The fourth-order valence-corrected chi connectivity index (χ4v) is 4.06. The number of hydrogen-bond donors (Lipinski definition) is 2. The highest BCUT2D eigenvalue weighted by molar-refractivity contribution is 8.00. The molecule has 146 valence electrons. The zero-order valence-electron chi connectivity index (χ0n) is 15.5. The number of primary sulfonamides is 1. The van der Waals surface area contributed by atoms with Crippen LogP contribution in [0.3, 0.4) is 0 Å². The second-order valence-electron chi connectivity index (χ2n) is 6.46. The summed E-state index contributed by atoms with van der Waals surface area (Å²) in [6.07, 6.45) is 0. The molecule has 3 rings (SSSR count). The van der Waals surface area contributed by atoms with Crippen LogP contribution in [0.2, 0.25) is 0 Å². The normalized spacial score (nSPS) is 11.4. The quantitative estimate of drug-likeness (QED) is 0.603. The highest BCUT2D eigenvalue weighted by Crippen LogP contribution is 2.28. The van der Waals surface area contributed by atoms with Gasteiger partial charge in [0.05, 0.1) is 22.0 Å². The van der Waals surface area contributed by atoms with E-state index in [1.165, 1.54) is 23.9 Å². The summed E-state index contributed by atoms with van der Waals surface area (Å²) in [4.78, 5) is 15.2. The summed E-state index contributed by atoms with van der Waals surface area (Å²) in [5, 5.41) is 10.3. The molecule has 0 aliphatic carbocycles. The molecule has 0 radical (unpaired) electrons. The lowest BCUT2D eigenvalue weighted by atomic mass is 10.1. The molecule has 3 aromatic rings. The third-order valence-corrected chi connectivity index (χ3v) is 6.05. The maximum absolute atomic E-state index is 12.5. The number of nitrogens with zero attached hydrogens (tertiary/aromatic N) is 1. The molecular weight excluding hydrogens is 394 g/mol. The summed E-state index contributed by atoms with van der Waals surface area (Å²) in [5.41, 5.74) is 1.09. The van der Waals surface area contributed by atoms with E-state index in [0.29, 0.717) is 11.4 Å². The van der Waals surface area contributed by atoms with E-state index in [4.69, 9.17) is 5.14 Å². The first-order chi connectivity index (χ1) is 13.2. The Morgan fingerprint density at radius 2 is 1.75 bits per heavy atom.